The van der Waals surface area contributed by atoms with Gasteiger partial charge >= 0.3 is 6.03 Å². The van der Waals surface area contributed by atoms with Crippen molar-refractivity contribution in [2.24, 2.45) is 0 Å². The van der Waals surface area contributed by atoms with Crippen LogP contribution in [-0.4, -0.2) is 41.1 Å². The van der Waals surface area contributed by atoms with Crippen LogP contribution in [0, 0.1) is 5.82 Å². The van der Waals surface area contributed by atoms with Gasteiger partial charge in [0.15, 0.2) is 5.82 Å². The van der Waals surface area contributed by atoms with Gasteiger partial charge in [-0.05, 0) is 30.2 Å². The highest BCUT2D eigenvalue weighted by atomic mass is 19.1. The zero-order valence-electron chi connectivity index (χ0n) is 13.9. The molecule has 0 aliphatic rings. The Morgan fingerprint density at radius 2 is 2.28 bits per heavy atom. The second kappa shape index (κ2) is 7.80. The highest BCUT2D eigenvalue weighted by molar-refractivity contribution is 5.88. The Kier molecular flexibility index (Phi) is 5.30. The number of rotatable bonds is 7. The second-order valence-corrected chi connectivity index (χ2v) is 5.59. The number of nitrogens with one attached hydrogen (secondary N) is 3. The van der Waals surface area contributed by atoms with Crippen molar-refractivity contribution in [1.82, 2.24) is 20.1 Å². The lowest BCUT2D eigenvalue weighted by molar-refractivity contribution is 0.183. The summed E-state index contributed by atoms with van der Waals surface area (Å²) in [5.74, 6) is 0.200. The number of carbonyl (C=O) groups is 1. The molecule has 0 fully saturated rings. The third-order valence-corrected chi connectivity index (χ3v) is 3.82. The number of amides is 2. The molecule has 0 bridgehead atoms. The SMILES string of the molecule is COCCn1ccc(NC(=O)NCCc2c[nH]c3ccc(F)cc23)n1. The van der Waals surface area contributed by atoms with E-state index in [0.717, 1.165) is 16.5 Å². The first-order valence-electron chi connectivity index (χ1n) is 7.98. The number of halogens is 1. The van der Waals surface area contributed by atoms with Crippen LogP contribution in [0.2, 0.25) is 0 Å². The summed E-state index contributed by atoms with van der Waals surface area (Å²) in [5.41, 5.74) is 1.83. The number of hydrogen-bond acceptors (Lipinski definition) is 3. The molecule has 0 saturated carbocycles. The van der Waals surface area contributed by atoms with Crippen molar-refractivity contribution < 1.29 is 13.9 Å². The Morgan fingerprint density at radius 1 is 1.40 bits per heavy atom. The van der Waals surface area contributed by atoms with Crippen LogP contribution in [0.25, 0.3) is 10.9 Å². The number of ether oxygens (including phenoxy) is 1. The van der Waals surface area contributed by atoms with E-state index in [2.05, 4.69) is 20.7 Å². The first kappa shape index (κ1) is 17.0. The van der Waals surface area contributed by atoms with Crippen LogP contribution in [0.3, 0.4) is 0 Å². The van der Waals surface area contributed by atoms with Gasteiger partial charge in [-0.1, -0.05) is 0 Å². The van der Waals surface area contributed by atoms with E-state index in [1.54, 1.807) is 30.1 Å². The summed E-state index contributed by atoms with van der Waals surface area (Å²) in [4.78, 5) is 15.0. The van der Waals surface area contributed by atoms with Gasteiger partial charge in [-0.25, -0.2) is 9.18 Å². The molecule has 3 aromatic rings. The Labute approximate surface area is 144 Å². The Balaban J connectivity index is 1.49. The molecular formula is C17H20FN5O2. The number of anilines is 1. The average Bonchev–Trinajstić information content (AvgIpc) is 3.20. The smallest absolute Gasteiger partial charge is 0.320 e. The maximum Gasteiger partial charge on any atom is 0.320 e. The Bertz CT molecular complexity index is 858. The summed E-state index contributed by atoms with van der Waals surface area (Å²) < 4.78 is 20.0. The molecule has 0 unspecified atom stereocenters. The van der Waals surface area contributed by atoms with Gasteiger partial charge in [-0.2, -0.15) is 5.10 Å². The van der Waals surface area contributed by atoms with Crippen molar-refractivity contribution in [2.75, 3.05) is 25.6 Å². The molecule has 25 heavy (non-hydrogen) atoms. The van der Waals surface area contributed by atoms with Gasteiger partial charge in [-0.15, -0.1) is 0 Å². The van der Waals surface area contributed by atoms with E-state index in [0.29, 0.717) is 31.9 Å². The molecule has 0 saturated heterocycles. The summed E-state index contributed by atoms with van der Waals surface area (Å²) in [6.07, 6.45) is 4.20. The molecule has 8 heteroatoms. The molecule has 2 heterocycles. The van der Waals surface area contributed by atoms with E-state index < -0.39 is 0 Å². The first-order valence-corrected chi connectivity index (χ1v) is 7.98. The summed E-state index contributed by atoms with van der Waals surface area (Å²) in [6.45, 7) is 1.61. The summed E-state index contributed by atoms with van der Waals surface area (Å²) in [6, 6.07) is 6.00. The Hall–Kier alpha value is -2.87. The number of benzene rings is 1. The van der Waals surface area contributed by atoms with Gasteiger partial charge in [-0.3, -0.25) is 10.00 Å². The third kappa shape index (κ3) is 4.36. The number of nitrogens with zero attached hydrogens (tertiary/aromatic N) is 2. The molecule has 3 N–H and O–H groups in total. The van der Waals surface area contributed by atoms with Crippen molar-refractivity contribution in [1.29, 1.82) is 0 Å². The maximum atomic E-state index is 13.4. The van der Waals surface area contributed by atoms with E-state index in [4.69, 9.17) is 4.74 Å². The van der Waals surface area contributed by atoms with Crippen LogP contribution in [-0.2, 0) is 17.7 Å². The van der Waals surface area contributed by atoms with E-state index in [-0.39, 0.29) is 11.8 Å². The third-order valence-electron chi connectivity index (χ3n) is 3.82. The van der Waals surface area contributed by atoms with Crippen molar-refractivity contribution in [3.63, 3.8) is 0 Å². The topological polar surface area (TPSA) is 84.0 Å². The maximum absolute atomic E-state index is 13.4. The van der Waals surface area contributed by atoms with E-state index in [9.17, 15) is 9.18 Å². The molecule has 0 atom stereocenters. The fourth-order valence-electron chi connectivity index (χ4n) is 2.57. The highest BCUT2D eigenvalue weighted by Crippen LogP contribution is 2.19. The summed E-state index contributed by atoms with van der Waals surface area (Å²) in [7, 11) is 1.62. The zero-order valence-corrected chi connectivity index (χ0v) is 13.9. The van der Waals surface area contributed by atoms with Gasteiger partial charge in [0.1, 0.15) is 5.82 Å². The molecule has 1 aromatic carbocycles. The van der Waals surface area contributed by atoms with Crippen molar-refractivity contribution in [3.8, 4) is 0 Å². The number of urea groups is 1. The lowest BCUT2D eigenvalue weighted by Gasteiger charge is -2.05. The number of aromatic amines is 1. The molecule has 7 nitrogen and oxygen atoms in total. The van der Waals surface area contributed by atoms with Gasteiger partial charge in [0.2, 0.25) is 0 Å². The molecule has 0 aliphatic heterocycles. The lowest BCUT2D eigenvalue weighted by atomic mass is 10.1. The fraction of sp³-hybridized carbons (Fsp3) is 0.294. The number of fused-ring (bicyclic) bond motifs is 1. The monoisotopic (exact) mass is 345 g/mol. The number of methoxy groups -OCH3 is 1. The largest absolute Gasteiger partial charge is 0.383 e. The van der Waals surface area contributed by atoms with Crippen LogP contribution in [0.1, 0.15) is 5.56 Å². The number of aromatic nitrogens is 3. The fourth-order valence-corrected chi connectivity index (χ4v) is 2.57. The van der Waals surface area contributed by atoms with Crippen LogP contribution >= 0.6 is 0 Å². The second-order valence-electron chi connectivity index (χ2n) is 5.59. The van der Waals surface area contributed by atoms with Crippen LogP contribution < -0.4 is 10.6 Å². The van der Waals surface area contributed by atoms with Gasteiger partial charge in [0.25, 0.3) is 0 Å². The minimum atomic E-state index is -0.331. The van der Waals surface area contributed by atoms with Gasteiger partial charge in [0, 0.05) is 43.0 Å². The Morgan fingerprint density at radius 3 is 3.12 bits per heavy atom. The minimum absolute atomic E-state index is 0.275. The van der Waals surface area contributed by atoms with Crippen LogP contribution in [0.5, 0.6) is 0 Å². The quantitative estimate of drug-likeness (QED) is 0.615. The molecule has 0 aliphatic carbocycles. The minimum Gasteiger partial charge on any atom is -0.383 e. The lowest BCUT2D eigenvalue weighted by Crippen LogP contribution is -2.30. The van der Waals surface area contributed by atoms with Gasteiger partial charge in [0.05, 0.1) is 13.2 Å². The van der Waals surface area contributed by atoms with E-state index in [1.165, 1.54) is 12.1 Å². The predicted octanol–water partition coefficient (Wildman–Crippen LogP) is 2.51. The molecule has 2 aromatic heterocycles. The average molecular weight is 345 g/mol. The number of hydrogen-bond donors (Lipinski definition) is 3. The van der Waals surface area contributed by atoms with Crippen molar-refractivity contribution in [2.45, 2.75) is 13.0 Å². The number of carbonyl (C=O) groups excluding carboxylic acids is 1. The molecule has 0 radical (unpaired) electrons. The first-order chi connectivity index (χ1) is 12.2. The van der Waals surface area contributed by atoms with Crippen LogP contribution in [0.15, 0.2) is 36.7 Å². The van der Waals surface area contributed by atoms with Crippen LogP contribution in [0.4, 0.5) is 15.0 Å². The molecule has 0 spiro atoms. The zero-order chi connectivity index (χ0) is 17.6. The van der Waals surface area contributed by atoms with Gasteiger partial charge < -0.3 is 15.0 Å². The van der Waals surface area contributed by atoms with E-state index >= 15 is 0 Å². The summed E-state index contributed by atoms with van der Waals surface area (Å²) >= 11 is 0. The summed E-state index contributed by atoms with van der Waals surface area (Å²) in [5, 5.41) is 10.5. The van der Waals surface area contributed by atoms with Crippen molar-refractivity contribution in [3.05, 3.63) is 48.0 Å². The molecular weight excluding hydrogens is 325 g/mol. The normalized spacial score (nSPS) is 11.0. The highest BCUT2D eigenvalue weighted by Gasteiger charge is 2.07. The van der Waals surface area contributed by atoms with E-state index in [1.807, 2.05) is 6.20 Å². The number of H-pyrrole nitrogens is 1. The molecule has 3 rings (SSSR count). The van der Waals surface area contributed by atoms with Crippen molar-refractivity contribution >= 4 is 22.8 Å². The molecule has 2 amide bonds. The standard InChI is InChI=1S/C17H20FN5O2/c1-25-9-8-23-7-5-16(22-23)21-17(24)19-6-4-12-11-20-15-3-2-13(18)10-14(12)15/h2-3,5,7,10-11,20H,4,6,8-9H2,1H3,(H2,19,21,22,24). The predicted molar refractivity (Wildman–Crippen MR) is 93.1 cm³/mol. The molecule has 132 valence electrons.